The third-order valence-electron chi connectivity index (χ3n) is 4.13. The van der Waals surface area contributed by atoms with Crippen LogP contribution in [0.25, 0.3) is 0 Å². The monoisotopic (exact) mass is 268 g/mol. The molecule has 2 heterocycles. The molecule has 4 rings (SSSR count). The predicted octanol–water partition coefficient (Wildman–Crippen LogP) is 3.61. The highest BCUT2D eigenvalue weighted by atomic mass is 16.5. The van der Waals surface area contributed by atoms with Crippen molar-refractivity contribution in [1.29, 1.82) is 0 Å². The molecular formula is C17H16O3. The minimum absolute atomic E-state index is 0.0563. The third kappa shape index (κ3) is 1.59. The van der Waals surface area contributed by atoms with Gasteiger partial charge in [-0.3, -0.25) is 0 Å². The number of aryl methyl sites for hydroxylation is 1. The van der Waals surface area contributed by atoms with E-state index in [-0.39, 0.29) is 12.0 Å². The summed E-state index contributed by atoms with van der Waals surface area (Å²) in [5, 5.41) is 0. The van der Waals surface area contributed by atoms with Crippen molar-refractivity contribution in [3.63, 3.8) is 0 Å². The lowest BCUT2D eigenvalue weighted by Gasteiger charge is -2.28. The Bertz CT molecular complexity index is 678. The maximum atomic E-state index is 6.17. The number of rotatable bonds is 1. The lowest BCUT2D eigenvalue weighted by Crippen LogP contribution is -2.23. The maximum absolute atomic E-state index is 6.17. The Morgan fingerprint density at radius 2 is 1.95 bits per heavy atom. The van der Waals surface area contributed by atoms with Crippen LogP contribution in [0.3, 0.4) is 0 Å². The number of fused-ring (bicyclic) bond motifs is 5. The van der Waals surface area contributed by atoms with Gasteiger partial charge < -0.3 is 14.2 Å². The summed E-state index contributed by atoms with van der Waals surface area (Å²) >= 11 is 0. The molecule has 3 nitrogen and oxygen atoms in total. The molecule has 0 amide bonds. The van der Waals surface area contributed by atoms with Crippen molar-refractivity contribution >= 4 is 0 Å². The second kappa shape index (κ2) is 4.17. The highest BCUT2D eigenvalue weighted by molar-refractivity contribution is 5.51. The molecule has 2 unspecified atom stereocenters. The summed E-state index contributed by atoms with van der Waals surface area (Å²) in [7, 11) is 1.67. The van der Waals surface area contributed by atoms with E-state index in [0.717, 1.165) is 22.8 Å². The Kier molecular flexibility index (Phi) is 2.43. The highest BCUT2D eigenvalue weighted by Gasteiger charge is 2.40. The standard InChI is InChI=1S/C17H16O3/c1-10-3-6-15-13(7-10)17-14(9-19-15)12-5-4-11(18-2)8-16(12)20-17/h3-8,14,17H,9H2,1-2H3. The molecule has 0 saturated heterocycles. The molecule has 0 spiro atoms. The number of benzene rings is 2. The zero-order chi connectivity index (χ0) is 13.7. The molecule has 0 fully saturated rings. The largest absolute Gasteiger partial charge is 0.497 e. The predicted molar refractivity (Wildman–Crippen MR) is 75.8 cm³/mol. The SMILES string of the molecule is COc1ccc2c(c1)OC1c3cc(C)ccc3OCC21. The molecular weight excluding hydrogens is 252 g/mol. The average molecular weight is 268 g/mol. The van der Waals surface area contributed by atoms with Crippen molar-refractivity contribution in [1.82, 2.24) is 0 Å². The lowest BCUT2D eigenvalue weighted by molar-refractivity contribution is 0.139. The van der Waals surface area contributed by atoms with Crippen LogP contribution in [0.1, 0.15) is 28.7 Å². The van der Waals surface area contributed by atoms with Gasteiger partial charge in [0.15, 0.2) is 0 Å². The Labute approximate surface area is 118 Å². The van der Waals surface area contributed by atoms with Crippen molar-refractivity contribution < 1.29 is 14.2 Å². The van der Waals surface area contributed by atoms with E-state index < -0.39 is 0 Å². The average Bonchev–Trinajstić information content (AvgIpc) is 2.85. The molecule has 102 valence electrons. The summed E-state index contributed by atoms with van der Waals surface area (Å²) in [6.45, 7) is 2.76. The lowest BCUT2D eigenvalue weighted by atomic mass is 9.89. The van der Waals surface area contributed by atoms with Gasteiger partial charge in [-0.1, -0.05) is 17.7 Å². The first-order valence-corrected chi connectivity index (χ1v) is 6.84. The minimum atomic E-state index is 0.0563. The molecule has 0 aromatic heterocycles. The molecule has 2 aliphatic heterocycles. The van der Waals surface area contributed by atoms with E-state index in [9.17, 15) is 0 Å². The molecule has 20 heavy (non-hydrogen) atoms. The summed E-state index contributed by atoms with van der Waals surface area (Å²) in [6, 6.07) is 12.3. The summed E-state index contributed by atoms with van der Waals surface area (Å²) in [6.07, 6.45) is 0.0563. The number of hydrogen-bond acceptors (Lipinski definition) is 3. The minimum Gasteiger partial charge on any atom is -0.497 e. The van der Waals surface area contributed by atoms with E-state index in [1.807, 2.05) is 18.2 Å². The van der Waals surface area contributed by atoms with Crippen LogP contribution in [-0.2, 0) is 0 Å². The van der Waals surface area contributed by atoms with Crippen LogP contribution in [0, 0.1) is 6.92 Å². The fourth-order valence-corrected chi connectivity index (χ4v) is 3.09. The van der Waals surface area contributed by atoms with Gasteiger partial charge >= 0.3 is 0 Å². The normalized spacial score (nSPS) is 22.1. The molecule has 2 aliphatic rings. The van der Waals surface area contributed by atoms with Crippen LogP contribution >= 0.6 is 0 Å². The van der Waals surface area contributed by atoms with E-state index >= 15 is 0 Å². The smallest absolute Gasteiger partial charge is 0.138 e. The van der Waals surface area contributed by atoms with Crippen LogP contribution in [0.15, 0.2) is 36.4 Å². The number of methoxy groups -OCH3 is 1. The second-order valence-corrected chi connectivity index (χ2v) is 5.40. The van der Waals surface area contributed by atoms with Crippen LogP contribution in [0.4, 0.5) is 0 Å². The molecule has 0 aliphatic carbocycles. The summed E-state index contributed by atoms with van der Waals surface area (Å²) in [4.78, 5) is 0. The summed E-state index contributed by atoms with van der Waals surface area (Å²) in [5.41, 5.74) is 3.59. The molecule has 0 saturated carbocycles. The van der Waals surface area contributed by atoms with Gasteiger partial charge in [0, 0.05) is 17.2 Å². The first kappa shape index (κ1) is 11.6. The van der Waals surface area contributed by atoms with Gasteiger partial charge in [0.2, 0.25) is 0 Å². The van der Waals surface area contributed by atoms with Gasteiger partial charge in [-0.25, -0.2) is 0 Å². The number of ether oxygens (including phenoxy) is 3. The Hall–Kier alpha value is -2.16. The summed E-state index contributed by atoms with van der Waals surface area (Å²) < 4.78 is 17.3. The Morgan fingerprint density at radius 3 is 2.80 bits per heavy atom. The van der Waals surface area contributed by atoms with E-state index in [4.69, 9.17) is 14.2 Å². The highest BCUT2D eigenvalue weighted by Crippen LogP contribution is 2.51. The van der Waals surface area contributed by atoms with E-state index in [1.165, 1.54) is 11.1 Å². The molecule has 2 aromatic carbocycles. The van der Waals surface area contributed by atoms with Crippen LogP contribution < -0.4 is 14.2 Å². The van der Waals surface area contributed by atoms with Gasteiger partial charge in [-0.15, -0.1) is 0 Å². The van der Waals surface area contributed by atoms with Gasteiger partial charge in [0.25, 0.3) is 0 Å². The molecule has 3 heteroatoms. The first-order valence-electron chi connectivity index (χ1n) is 6.84. The van der Waals surface area contributed by atoms with Gasteiger partial charge in [0.05, 0.1) is 19.6 Å². The molecule has 0 N–H and O–H groups in total. The van der Waals surface area contributed by atoms with Crippen LogP contribution in [-0.4, -0.2) is 13.7 Å². The van der Waals surface area contributed by atoms with Crippen molar-refractivity contribution in [2.24, 2.45) is 0 Å². The molecule has 0 bridgehead atoms. The van der Waals surface area contributed by atoms with Crippen molar-refractivity contribution in [3.05, 3.63) is 53.1 Å². The topological polar surface area (TPSA) is 27.7 Å². The van der Waals surface area contributed by atoms with Crippen molar-refractivity contribution in [2.45, 2.75) is 18.9 Å². The third-order valence-corrected chi connectivity index (χ3v) is 4.13. The number of hydrogen-bond donors (Lipinski definition) is 0. The van der Waals surface area contributed by atoms with Crippen molar-refractivity contribution in [3.8, 4) is 17.2 Å². The van der Waals surface area contributed by atoms with E-state index in [2.05, 4.69) is 25.1 Å². The molecule has 2 aromatic rings. The molecule has 2 atom stereocenters. The quantitative estimate of drug-likeness (QED) is 0.790. The Balaban J connectivity index is 1.79. The van der Waals surface area contributed by atoms with Crippen LogP contribution in [0.2, 0.25) is 0 Å². The zero-order valence-electron chi connectivity index (χ0n) is 11.6. The van der Waals surface area contributed by atoms with Gasteiger partial charge in [0.1, 0.15) is 23.4 Å². The Morgan fingerprint density at radius 1 is 1.05 bits per heavy atom. The second-order valence-electron chi connectivity index (χ2n) is 5.40. The zero-order valence-corrected chi connectivity index (χ0v) is 11.6. The van der Waals surface area contributed by atoms with E-state index in [1.54, 1.807) is 7.11 Å². The first-order chi connectivity index (χ1) is 9.76. The van der Waals surface area contributed by atoms with Gasteiger partial charge in [-0.05, 0) is 25.1 Å². The molecule has 0 radical (unpaired) electrons. The summed E-state index contributed by atoms with van der Waals surface area (Å²) in [5.74, 6) is 2.95. The van der Waals surface area contributed by atoms with E-state index in [0.29, 0.717) is 6.61 Å². The van der Waals surface area contributed by atoms with Crippen molar-refractivity contribution in [2.75, 3.05) is 13.7 Å². The van der Waals surface area contributed by atoms with Crippen LogP contribution in [0.5, 0.6) is 17.2 Å². The maximum Gasteiger partial charge on any atom is 0.138 e. The fraction of sp³-hybridized carbons (Fsp3) is 0.294. The fourth-order valence-electron chi connectivity index (χ4n) is 3.09. The van der Waals surface area contributed by atoms with Gasteiger partial charge in [-0.2, -0.15) is 0 Å².